The van der Waals surface area contributed by atoms with Crippen LogP contribution in [0.4, 0.5) is 5.69 Å². The average Bonchev–Trinajstić information content (AvgIpc) is 2.49. The van der Waals surface area contributed by atoms with E-state index < -0.39 is 0 Å². The fraction of sp³-hybridized carbons (Fsp3) is 0.235. The highest BCUT2D eigenvalue weighted by molar-refractivity contribution is 6.17. The standard InChI is InChI=1S/C17H18ClNO/c1-3-14-8-4-6-12(2)16(14)19-17(20)15-9-5-7-13(10-15)11-18/h4-10H,3,11H2,1-2H3,(H,19,20). The van der Waals surface area contributed by atoms with Gasteiger partial charge in [-0.3, -0.25) is 4.79 Å². The molecule has 104 valence electrons. The molecule has 3 heteroatoms. The Morgan fingerprint density at radius 2 is 1.95 bits per heavy atom. The van der Waals surface area contributed by atoms with Gasteiger partial charge in [0.05, 0.1) is 0 Å². The molecule has 0 aliphatic carbocycles. The first kappa shape index (κ1) is 14.6. The Labute approximate surface area is 124 Å². The van der Waals surface area contributed by atoms with Crippen LogP contribution in [0.25, 0.3) is 0 Å². The number of para-hydroxylation sites is 1. The molecule has 0 aromatic heterocycles. The Kier molecular flexibility index (Phi) is 4.80. The van der Waals surface area contributed by atoms with Gasteiger partial charge >= 0.3 is 0 Å². The highest BCUT2D eigenvalue weighted by atomic mass is 35.5. The van der Waals surface area contributed by atoms with Crippen LogP contribution in [0.3, 0.4) is 0 Å². The van der Waals surface area contributed by atoms with Crippen molar-refractivity contribution in [3.63, 3.8) is 0 Å². The molecule has 0 aliphatic rings. The van der Waals surface area contributed by atoms with E-state index in [0.29, 0.717) is 11.4 Å². The monoisotopic (exact) mass is 287 g/mol. The second-order valence-corrected chi connectivity index (χ2v) is 5.02. The van der Waals surface area contributed by atoms with Gasteiger partial charge < -0.3 is 5.32 Å². The van der Waals surface area contributed by atoms with Gasteiger partial charge in [-0.15, -0.1) is 11.6 Å². The van der Waals surface area contributed by atoms with Crippen molar-refractivity contribution in [3.05, 3.63) is 64.7 Å². The third kappa shape index (κ3) is 3.20. The van der Waals surface area contributed by atoms with Crippen molar-refractivity contribution in [1.82, 2.24) is 0 Å². The predicted molar refractivity (Wildman–Crippen MR) is 84.5 cm³/mol. The molecule has 1 N–H and O–H groups in total. The number of alkyl halides is 1. The molecule has 0 saturated heterocycles. The van der Waals surface area contributed by atoms with Crippen LogP contribution >= 0.6 is 11.6 Å². The van der Waals surface area contributed by atoms with Crippen molar-refractivity contribution in [2.24, 2.45) is 0 Å². The lowest BCUT2D eigenvalue weighted by atomic mass is 10.0. The summed E-state index contributed by atoms with van der Waals surface area (Å²) in [6.45, 7) is 4.09. The van der Waals surface area contributed by atoms with E-state index in [1.54, 1.807) is 6.07 Å². The lowest BCUT2D eigenvalue weighted by Gasteiger charge is -2.13. The van der Waals surface area contributed by atoms with Crippen molar-refractivity contribution in [1.29, 1.82) is 0 Å². The first-order valence-corrected chi connectivity index (χ1v) is 7.24. The van der Waals surface area contributed by atoms with Crippen molar-refractivity contribution in [2.45, 2.75) is 26.1 Å². The number of amides is 1. The molecule has 0 atom stereocenters. The van der Waals surface area contributed by atoms with E-state index in [9.17, 15) is 4.79 Å². The zero-order valence-corrected chi connectivity index (χ0v) is 12.5. The summed E-state index contributed by atoms with van der Waals surface area (Å²) in [4.78, 5) is 12.3. The lowest BCUT2D eigenvalue weighted by molar-refractivity contribution is 0.102. The molecule has 0 saturated carbocycles. The van der Waals surface area contributed by atoms with Crippen LogP contribution in [0.2, 0.25) is 0 Å². The molecule has 20 heavy (non-hydrogen) atoms. The van der Waals surface area contributed by atoms with E-state index in [-0.39, 0.29) is 5.91 Å². The maximum absolute atomic E-state index is 12.3. The minimum Gasteiger partial charge on any atom is -0.321 e. The van der Waals surface area contributed by atoms with Crippen molar-refractivity contribution >= 4 is 23.2 Å². The smallest absolute Gasteiger partial charge is 0.255 e. The number of benzene rings is 2. The van der Waals surface area contributed by atoms with Gasteiger partial charge in [0.15, 0.2) is 0 Å². The van der Waals surface area contributed by atoms with E-state index in [0.717, 1.165) is 28.8 Å². The number of rotatable bonds is 4. The van der Waals surface area contributed by atoms with Crippen molar-refractivity contribution in [2.75, 3.05) is 5.32 Å². The van der Waals surface area contributed by atoms with Gasteiger partial charge in [-0.2, -0.15) is 0 Å². The maximum Gasteiger partial charge on any atom is 0.255 e. The Hall–Kier alpha value is -1.80. The van der Waals surface area contributed by atoms with Gasteiger partial charge in [0, 0.05) is 17.1 Å². The van der Waals surface area contributed by atoms with Gasteiger partial charge in [0.2, 0.25) is 0 Å². The SMILES string of the molecule is CCc1cccc(C)c1NC(=O)c1cccc(CCl)c1. The summed E-state index contributed by atoms with van der Waals surface area (Å²) in [5.41, 5.74) is 4.71. The Balaban J connectivity index is 2.27. The van der Waals surface area contributed by atoms with E-state index >= 15 is 0 Å². The molecule has 0 fully saturated rings. The number of hydrogen-bond acceptors (Lipinski definition) is 1. The number of hydrogen-bond donors (Lipinski definition) is 1. The molecule has 2 nitrogen and oxygen atoms in total. The fourth-order valence-electron chi connectivity index (χ4n) is 2.18. The summed E-state index contributed by atoms with van der Waals surface area (Å²) in [5, 5.41) is 3.02. The predicted octanol–water partition coefficient (Wildman–Crippen LogP) is 4.55. The summed E-state index contributed by atoms with van der Waals surface area (Å²) in [7, 11) is 0. The molecular weight excluding hydrogens is 270 g/mol. The summed E-state index contributed by atoms with van der Waals surface area (Å²) < 4.78 is 0. The van der Waals surface area contributed by atoms with Crippen molar-refractivity contribution in [3.8, 4) is 0 Å². The Morgan fingerprint density at radius 1 is 1.20 bits per heavy atom. The van der Waals surface area contributed by atoms with Gasteiger partial charge in [-0.1, -0.05) is 37.3 Å². The van der Waals surface area contributed by atoms with Crippen LogP contribution in [0.1, 0.15) is 34.0 Å². The van der Waals surface area contributed by atoms with Crippen LogP contribution in [0.15, 0.2) is 42.5 Å². The van der Waals surface area contributed by atoms with Gasteiger partial charge in [0.25, 0.3) is 5.91 Å². The first-order valence-electron chi connectivity index (χ1n) is 6.70. The van der Waals surface area contributed by atoms with E-state index in [2.05, 4.69) is 12.2 Å². The molecular formula is C17H18ClNO. The Bertz CT molecular complexity index is 622. The lowest BCUT2D eigenvalue weighted by Crippen LogP contribution is -2.14. The molecule has 0 heterocycles. The summed E-state index contributed by atoms with van der Waals surface area (Å²) >= 11 is 5.80. The largest absolute Gasteiger partial charge is 0.321 e. The van der Waals surface area contributed by atoms with E-state index in [1.165, 1.54) is 0 Å². The third-order valence-corrected chi connectivity index (χ3v) is 3.63. The van der Waals surface area contributed by atoms with Crippen LogP contribution < -0.4 is 5.32 Å². The third-order valence-electron chi connectivity index (χ3n) is 3.32. The molecule has 0 bridgehead atoms. The zero-order valence-electron chi connectivity index (χ0n) is 11.7. The number of carbonyl (C=O) groups is 1. The quantitative estimate of drug-likeness (QED) is 0.821. The number of anilines is 1. The highest BCUT2D eigenvalue weighted by Crippen LogP contribution is 2.22. The first-order chi connectivity index (χ1) is 9.65. The molecule has 2 rings (SSSR count). The Morgan fingerprint density at radius 3 is 2.65 bits per heavy atom. The number of aryl methyl sites for hydroxylation is 2. The molecule has 2 aromatic rings. The normalized spacial score (nSPS) is 10.3. The maximum atomic E-state index is 12.3. The van der Waals surface area contributed by atoms with Crippen molar-refractivity contribution < 1.29 is 4.79 Å². The molecule has 1 amide bonds. The average molecular weight is 288 g/mol. The summed E-state index contributed by atoms with van der Waals surface area (Å²) in [6, 6.07) is 13.4. The topological polar surface area (TPSA) is 29.1 Å². The molecule has 0 aliphatic heterocycles. The van der Waals surface area contributed by atoms with Crippen LogP contribution in [-0.2, 0) is 12.3 Å². The van der Waals surface area contributed by atoms with Crippen LogP contribution in [-0.4, -0.2) is 5.91 Å². The minimum atomic E-state index is -0.0963. The summed E-state index contributed by atoms with van der Waals surface area (Å²) in [5.74, 6) is 0.312. The zero-order chi connectivity index (χ0) is 14.5. The number of nitrogens with one attached hydrogen (secondary N) is 1. The molecule has 0 unspecified atom stereocenters. The second-order valence-electron chi connectivity index (χ2n) is 4.75. The van der Waals surface area contributed by atoms with Crippen LogP contribution in [0, 0.1) is 6.92 Å². The summed E-state index contributed by atoms with van der Waals surface area (Å²) in [6.07, 6.45) is 0.888. The molecule has 0 spiro atoms. The fourth-order valence-corrected chi connectivity index (χ4v) is 2.35. The van der Waals surface area contributed by atoms with Gasteiger partial charge in [0.1, 0.15) is 0 Å². The number of halogens is 1. The highest BCUT2D eigenvalue weighted by Gasteiger charge is 2.10. The van der Waals surface area contributed by atoms with Gasteiger partial charge in [-0.25, -0.2) is 0 Å². The number of carbonyl (C=O) groups excluding carboxylic acids is 1. The molecule has 0 radical (unpaired) electrons. The van der Waals surface area contributed by atoms with Crippen LogP contribution in [0.5, 0.6) is 0 Å². The van der Waals surface area contributed by atoms with E-state index in [1.807, 2.05) is 43.3 Å². The second kappa shape index (κ2) is 6.58. The van der Waals surface area contributed by atoms with Gasteiger partial charge in [-0.05, 0) is 42.2 Å². The molecule has 2 aromatic carbocycles. The van der Waals surface area contributed by atoms with E-state index in [4.69, 9.17) is 11.6 Å². The minimum absolute atomic E-state index is 0.0963.